The fourth-order valence-electron chi connectivity index (χ4n) is 7.76. The van der Waals surface area contributed by atoms with Crippen molar-refractivity contribution in [3.8, 4) is 23.0 Å². The Morgan fingerprint density at radius 2 is 0.516 bits per heavy atom. The second kappa shape index (κ2) is 19.0. The quantitative estimate of drug-likeness (QED) is 0.145. The lowest BCUT2D eigenvalue weighted by atomic mass is 9.82. The van der Waals surface area contributed by atoms with Crippen LogP contribution < -0.4 is 18.9 Å². The Balaban J connectivity index is 1.89. The van der Waals surface area contributed by atoms with E-state index >= 15 is 0 Å². The van der Waals surface area contributed by atoms with E-state index in [1.165, 1.54) is 27.7 Å². The maximum Gasteiger partial charge on any atom is 0.308 e. The van der Waals surface area contributed by atoms with Crippen LogP contribution in [0.1, 0.15) is 178 Å². The van der Waals surface area contributed by atoms with Crippen molar-refractivity contribution in [1.29, 1.82) is 0 Å². The van der Waals surface area contributed by atoms with Crippen LogP contribution in [0.15, 0.2) is 48.5 Å². The number of benzene rings is 4. The van der Waals surface area contributed by atoms with E-state index in [0.717, 1.165) is 22.3 Å². The number of ether oxygens (including phenoxy) is 6. The molecule has 0 radical (unpaired) electrons. The van der Waals surface area contributed by atoms with Crippen molar-refractivity contribution in [2.75, 3.05) is 0 Å². The first-order chi connectivity index (χ1) is 29.5. The van der Waals surface area contributed by atoms with Gasteiger partial charge in [-0.1, -0.05) is 107 Å². The summed E-state index contributed by atoms with van der Waals surface area (Å²) in [6.07, 6.45) is 0.473. The molecule has 5 rings (SSSR count). The van der Waals surface area contributed by atoms with Crippen molar-refractivity contribution < 1.29 is 47.6 Å². The second-order valence-corrected chi connectivity index (χ2v) is 21.2. The highest BCUT2D eigenvalue weighted by atomic mass is 16.6. The van der Waals surface area contributed by atoms with Crippen molar-refractivity contribution in [3.05, 3.63) is 115 Å². The van der Waals surface area contributed by atoms with E-state index in [-0.39, 0.29) is 60.9 Å². The van der Waals surface area contributed by atoms with Gasteiger partial charge in [-0.3, -0.25) is 19.2 Å². The van der Waals surface area contributed by atoms with Crippen LogP contribution in [-0.4, -0.2) is 23.9 Å². The first-order valence-corrected chi connectivity index (χ1v) is 22.1. The Hall–Kier alpha value is -5.32. The number of carbonyl (C=O) groups is 4. The van der Waals surface area contributed by atoms with Crippen LogP contribution in [0.4, 0.5) is 0 Å². The molecule has 0 saturated heterocycles. The van der Waals surface area contributed by atoms with Crippen LogP contribution in [-0.2, 0) is 89.6 Å². The molecule has 0 aliphatic carbocycles. The predicted octanol–water partition coefficient (Wildman–Crippen LogP) is 11.5. The topological polar surface area (TPSA) is 124 Å². The zero-order chi connectivity index (χ0) is 47.7. The van der Waals surface area contributed by atoms with Gasteiger partial charge in [0.25, 0.3) is 0 Å². The molecule has 0 N–H and O–H groups in total. The van der Waals surface area contributed by atoms with E-state index in [9.17, 15) is 19.2 Å². The van der Waals surface area contributed by atoms with Gasteiger partial charge in [0.05, 0.1) is 26.4 Å². The SMILES string of the molecule is CC(=O)Oc1c2cc(C(C)(C)C)cc1Cc1cc(C(C)(C)C)cc(c1OC(C)=O)COCc1cc(C(C)(C)C)cc(c1OC(C)=O)Cc1cc(C(C)(C)C)cc(c1OC(C)=O)COC2. The molecule has 1 aliphatic rings. The first-order valence-electron chi connectivity index (χ1n) is 22.1. The molecule has 0 atom stereocenters. The van der Waals surface area contributed by atoms with Gasteiger partial charge in [-0.05, 0) is 68.2 Å². The number of hydrogen-bond acceptors (Lipinski definition) is 10. The standard InChI is InChI=1S/C54H68O10/c1-31(55)61-47-35-17-36-20-44(52(8,9)10)25-41(48(36)62-32(2)56)29-60-30-42-26-46(54(14,15)16)22-38(50(42)64-34(4)58)18-37-21-45(53(11,12)13)24-40(49(37)63-33(3)57)28-59-27-39(47)23-43(19-35)51(5,6)7/h19-26H,17-18,27-30H2,1-16H3. The Labute approximate surface area is 380 Å². The van der Waals surface area contributed by atoms with Crippen molar-refractivity contribution in [2.45, 2.75) is 172 Å². The summed E-state index contributed by atoms with van der Waals surface area (Å²) >= 11 is 0. The Morgan fingerprint density at radius 3 is 0.672 bits per heavy atom. The molecule has 0 aromatic heterocycles. The van der Waals surface area contributed by atoms with Crippen molar-refractivity contribution in [2.24, 2.45) is 0 Å². The average molecular weight is 877 g/mol. The molecule has 0 fully saturated rings. The van der Waals surface area contributed by atoms with Gasteiger partial charge in [0.2, 0.25) is 0 Å². The summed E-state index contributed by atoms with van der Waals surface area (Å²) in [4.78, 5) is 51.6. The minimum absolute atomic E-state index is 0.0413. The van der Waals surface area contributed by atoms with Gasteiger partial charge in [0.1, 0.15) is 23.0 Å². The smallest absolute Gasteiger partial charge is 0.308 e. The molecule has 64 heavy (non-hydrogen) atoms. The van der Waals surface area contributed by atoms with E-state index in [2.05, 4.69) is 83.1 Å². The predicted molar refractivity (Wildman–Crippen MR) is 248 cm³/mol. The lowest BCUT2D eigenvalue weighted by Gasteiger charge is -2.27. The molecule has 0 spiro atoms. The van der Waals surface area contributed by atoms with E-state index < -0.39 is 23.9 Å². The molecule has 4 aromatic rings. The zero-order valence-corrected chi connectivity index (χ0v) is 40.9. The van der Waals surface area contributed by atoms with Gasteiger partial charge in [0.15, 0.2) is 0 Å². The monoisotopic (exact) mass is 876 g/mol. The Kier molecular flexibility index (Phi) is 14.8. The molecule has 10 nitrogen and oxygen atoms in total. The molecule has 0 unspecified atom stereocenters. The summed E-state index contributed by atoms with van der Waals surface area (Å²) in [6.45, 7) is 31.0. The minimum Gasteiger partial charge on any atom is -0.426 e. The number of hydrogen-bond donors (Lipinski definition) is 0. The lowest BCUT2D eigenvalue weighted by Crippen LogP contribution is -2.18. The average Bonchev–Trinajstić information content (AvgIpc) is 3.13. The number of fused-ring (bicyclic) bond motifs is 8. The van der Waals surface area contributed by atoms with Crippen molar-refractivity contribution >= 4 is 23.9 Å². The maximum absolute atomic E-state index is 12.9. The summed E-state index contributed by atoms with van der Waals surface area (Å²) in [5.74, 6) is -0.548. The molecule has 1 heterocycles. The van der Waals surface area contributed by atoms with Crippen LogP contribution in [0, 0.1) is 0 Å². The maximum atomic E-state index is 12.9. The summed E-state index contributed by atoms with van der Waals surface area (Å²) in [7, 11) is 0. The van der Waals surface area contributed by atoms with Crippen LogP contribution in [0.5, 0.6) is 23.0 Å². The first kappa shape index (κ1) is 49.7. The van der Waals surface area contributed by atoms with Gasteiger partial charge in [0, 0.05) is 85.0 Å². The van der Waals surface area contributed by atoms with E-state index in [4.69, 9.17) is 28.4 Å². The second-order valence-electron chi connectivity index (χ2n) is 21.2. The summed E-state index contributed by atoms with van der Waals surface area (Å²) in [5.41, 5.74) is 8.10. The van der Waals surface area contributed by atoms with E-state index in [1.54, 1.807) is 0 Å². The molecule has 10 heteroatoms. The highest BCUT2D eigenvalue weighted by Gasteiger charge is 2.29. The number of esters is 4. The van der Waals surface area contributed by atoms with Crippen LogP contribution >= 0.6 is 0 Å². The zero-order valence-electron chi connectivity index (χ0n) is 40.9. The number of carbonyl (C=O) groups excluding carboxylic acids is 4. The van der Waals surface area contributed by atoms with E-state index in [1.807, 2.05) is 48.5 Å². The molecule has 0 saturated carbocycles. The fourth-order valence-corrected chi connectivity index (χ4v) is 7.76. The summed E-state index contributed by atoms with van der Waals surface area (Å²) < 4.78 is 37.5. The van der Waals surface area contributed by atoms with Gasteiger partial charge < -0.3 is 28.4 Å². The molecule has 344 valence electrons. The molecule has 8 bridgehead atoms. The third-order valence-electron chi connectivity index (χ3n) is 11.2. The summed E-state index contributed by atoms with van der Waals surface area (Å²) in [5, 5.41) is 0. The van der Waals surface area contributed by atoms with Crippen LogP contribution in [0.3, 0.4) is 0 Å². The minimum atomic E-state index is -0.496. The number of rotatable bonds is 4. The normalized spacial score (nSPS) is 14.0. The molecule has 4 aromatic carbocycles. The van der Waals surface area contributed by atoms with Gasteiger partial charge in [-0.15, -0.1) is 0 Å². The highest BCUT2D eigenvalue weighted by molar-refractivity contribution is 5.74. The Bertz CT molecular complexity index is 2110. The molecule has 0 amide bonds. The third kappa shape index (κ3) is 12.5. The highest BCUT2D eigenvalue weighted by Crippen LogP contribution is 2.42. The molecular formula is C54H68O10. The fraction of sp³-hybridized carbons (Fsp3) is 0.481. The van der Waals surface area contributed by atoms with Gasteiger partial charge >= 0.3 is 23.9 Å². The molecular weight excluding hydrogens is 809 g/mol. The largest absolute Gasteiger partial charge is 0.426 e. The van der Waals surface area contributed by atoms with Gasteiger partial charge in [-0.25, -0.2) is 0 Å². The van der Waals surface area contributed by atoms with E-state index in [0.29, 0.717) is 67.5 Å². The van der Waals surface area contributed by atoms with Crippen LogP contribution in [0.2, 0.25) is 0 Å². The van der Waals surface area contributed by atoms with Gasteiger partial charge in [-0.2, -0.15) is 0 Å². The van der Waals surface area contributed by atoms with Crippen molar-refractivity contribution in [3.63, 3.8) is 0 Å². The van der Waals surface area contributed by atoms with Crippen LogP contribution in [0.25, 0.3) is 0 Å². The molecule has 1 aliphatic heterocycles. The Morgan fingerprint density at radius 1 is 0.344 bits per heavy atom. The summed E-state index contributed by atoms with van der Waals surface area (Å²) in [6, 6.07) is 16.2. The van der Waals surface area contributed by atoms with Crippen molar-refractivity contribution in [1.82, 2.24) is 0 Å². The third-order valence-corrected chi connectivity index (χ3v) is 11.2. The lowest BCUT2D eigenvalue weighted by molar-refractivity contribution is -0.133.